The molecule has 1 saturated heterocycles. The fourth-order valence-electron chi connectivity index (χ4n) is 2.73. The first-order chi connectivity index (χ1) is 9.69. The van der Waals surface area contributed by atoms with Crippen LogP contribution in [-0.2, 0) is 16.0 Å². The van der Waals surface area contributed by atoms with E-state index in [9.17, 15) is 4.79 Å². The Morgan fingerprint density at radius 1 is 1.25 bits per heavy atom. The van der Waals surface area contributed by atoms with Crippen molar-refractivity contribution in [3.05, 3.63) is 35.9 Å². The number of amides is 1. The molecular weight excluding hydrogens is 252 g/mol. The van der Waals surface area contributed by atoms with Crippen LogP contribution in [0.4, 0.5) is 0 Å². The zero-order valence-electron chi connectivity index (χ0n) is 12.4. The average molecular weight is 276 g/mol. The molecule has 1 unspecified atom stereocenters. The van der Waals surface area contributed by atoms with Crippen molar-refractivity contribution in [2.75, 3.05) is 46.9 Å². The molecule has 1 atom stereocenters. The van der Waals surface area contributed by atoms with Crippen molar-refractivity contribution < 1.29 is 9.53 Å². The summed E-state index contributed by atoms with van der Waals surface area (Å²) < 4.78 is 5.27. The Labute approximate surface area is 121 Å². The normalized spacial score (nSPS) is 20.7. The molecule has 1 aromatic rings. The minimum Gasteiger partial charge on any atom is -0.384 e. The van der Waals surface area contributed by atoms with E-state index >= 15 is 0 Å². The van der Waals surface area contributed by atoms with Crippen LogP contribution in [0.15, 0.2) is 30.3 Å². The van der Waals surface area contributed by atoms with E-state index in [1.165, 1.54) is 0 Å². The Hall–Kier alpha value is -1.39. The molecule has 0 radical (unpaired) electrons. The van der Waals surface area contributed by atoms with Crippen molar-refractivity contribution in [3.8, 4) is 0 Å². The Bertz CT molecular complexity index is 422. The average Bonchev–Trinajstić information content (AvgIpc) is 2.62. The topological polar surface area (TPSA) is 32.8 Å². The van der Waals surface area contributed by atoms with Gasteiger partial charge in [0.2, 0.25) is 5.91 Å². The molecule has 1 aromatic carbocycles. The van der Waals surface area contributed by atoms with E-state index in [1.807, 2.05) is 35.2 Å². The molecule has 4 heteroatoms. The maximum absolute atomic E-state index is 12.4. The largest absolute Gasteiger partial charge is 0.384 e. The van der Waals surface area contributed by atoms with E-state index in [2.05, 4.69) is 11.9 Å². The van der Waals surface area contributed by atoms with Gasteiger partial charge in [0, 0.05) is 39.2 Å². The van der Waals surface area contributed by atoms with Crippen molar-refractivity contribution >= 4 is 5.91 Å². The highest BCUT2D eigenvalue weighted by Gasteiger charge is 2.24. The first-order valence-electron chi connectivity index (χ1n) is 7.18. The third-order valence-corrected chi connectivity index (χ3v) is 3.75. The lowest BCUT2D eigenvalue weighted by atomic mass is 10.1. The highest BCUT2D eigenvalue weighted by molar-refractivity contribution is 5.78. The highest BCUT2D eigenvalue weighted by Crippen LogP contribution is 2.11. The lowest BCUT2D eigenvalue weighted by Crippen LogP contribution is -2.37. The molecule has 0 N–H and O–H groups in total. The number of rotatable bonds is 4. The maximum Gasteiger partial charge on any atom is 0.227 e. The van der Waals surface area contributed by atoms with E-state index in [0.29, 0.717) is 18.9 Å². The van der Waals surface area contributed by atoms with E-state index in [4.69, 9.17) is 4.74 Å². The highest BCUT2D eigenvalue weighted by atomic mass is 16.5. The van der Waals surface area contributed by atoms with Gasteiger partial charge in [-0.3, -0.25) is 4.79 Å². The van der Waals surface area contributed by atoms with Gasteiger partial charge in [0.05, 0.1) is 13.0 Å². The number of carbonyl (C=O) groups excluding carboxylic acids is 1. The number of methoxy groups -OCH3 is 1. The minimum atomic E-state index is 0.215. The van der Waals surface area contributed by atoms with Gasteiger partial charge in [-0.25, -0.2) is 0 Å². The minimum absolute atomic E-state index is 0.215. The molecule has 20 heavy (non-hydrogen) atoms. The molecule has 1 aliphatic heterocycles. The Morgan fingerprint density at radius 3 is 2.70 bits per heavy atom. The predicted molar refractivity (Wildman–Crippen MR) is 79.6 cm³/mol. The van der Waals surface area contributed by atoms with Crippen LogP contribution in [0.3, 0.4) is 0 Å². The number of ether oxygens (including phenoxy) is 1. The maximum atomic E-state index is 12.4. The second-order valence-electron chi connectivity index (χ2n) is 5.59. The molecule has 1 heterocycles. The second kappa shape index (κ2) is 7.41. The van der Waals surface area contributed by atoms with Gasteiger partial charge < -0.3 is 14.5 Å². The van der Waals surface area contributed by atoms with Crippen molar-refractivity contribution in [1.82, 2.24) is 9.80 Å². The molecule has 0 spiro atoms. The summed E-state index contributed by atoms with van der Waals surface area (Å²) in [6.45, 7) is 4.23. The first-order valence-corrected chi connectivity index (χ1v) is 7.18. The molecule has 1 amide bonds. The van der Waals surface area contributed by atoms with E-state index in [0.717, 1.165) is 31.7 Å². The predicted octanol–water partition coefficient (Wildman–Crippen LogP) is 1.27. The van der Waals surface area contributed by atoms with Crippen molar-refractivity contribution in [2.45, 2.75) is 6.42 Å². The molecule has 0 aromatic heterocycles. The summed E-state index contributed by atoms with van der Waals surface area (Å²) in [6.07, 6.45) is 0.490. The molecule has 110 valence electrons. The molecule has 1 fully saturated rings. The van der Waals surface area contributed by atoms with Crippen LogP contribution in [0, 0.1) is 5.92 Å². The van der Waals surface area contributed by atoms with Crippen LogP contribution in [0.25, 0.3) is 0 Å². The Balaban J connectivity index is 1.97. The first kappa shape index (κ1) is 15.0. The van der Waals surface area contributed by atoms with E-state index in [-0.39, 0.29) is 5.91 Å². The molecule has 2 rings (SSSR count). The summed E-state index contributed by atoms with van der Waals surface area (Å²) in [7, 11) is 3.83. The van der Waals surface area contributed by atoms with Crippen LogP contribution in [0.2, 0.25) is 0 Å². The van der Waals surface area contributed by atoms with Crippen LogP contribution < -0.4 is 0 Å². The number of likely N-dealkylation sites (N-methyl/N-ethyl adjacent to an activating group) is 1. The monoisotopic (exact) mass is 276 g/mol. The number of hydrogen-bond donors (Lipinski definition) is 0. The van der Waals surface area contributed by atoms with Gasteiger partial charge in [0.25, 0.3) is 0 Å². The summed E-state index contributed by atoms with van der Waals surface area (Å²) in [4.78, 5) is 16.7. The zero-order valence-corrected chi connectivity index (χ0v) is 12.4. The zero-order chi connectivity index (χ0) is 14.4. The van der Waals surface area contributed by atoms with Gasteiger partial charge in [-0.15, -0.1) is 0 Å². The van der Waals surface area contributed by atoms with Gasteiger partial charge in [-0.1, -0.05) is 30.3 Å². The van der Waals surface area contributed by atoms with Crippen molar-refractivity contribution in [2.24, 2.45) is 5.92 Å². The van der Waals surface area contributed by atoms with Gasteiger partial charge in [-0.2, -0.15) is 0 Å². The third kappa shape index (κ3) is 4.32. The van der Waals surface area contributed by atoms with Gasteiger partial charge in [0.1, 0.15) is 0 Å². The SMILES string of the molecule is COCC1CN(C)CCN(C(=O)Cc2ccccc2)C1. The summed E-state index contributed by atoms with van der Waals surface area (Å²) in [5, 5.41) is 0. The summed E-state index contributed by atoms with van der Waals surface area (Å²) in [5.74, 6) is 0.611. The van der Waals surface area contributed by atoms with Crippen molar-refractivity contribution in [3.63, 3.8) is 0 Å². The fraction of sp³-hybridized carbons (Fsp3) is 0.562. The van der Waals surface area contributed by atoms with Crippen molar-refractivity contribution in [1.29, 1.82) is 0 Å². The lowest BCUT2D eigenvalue weighted by molar-refractivity contribution is -0.130. The van der Waals surface area contributed by atoms with Gasteiger partial charge >= 0.3 is 0 Å². The molecule has 4 nitrogen and oxygen atoms in total. The quantitative estimate of drug-likeness (QED) is 0.830. The number of nitrogens with zero attached hydrogens (tertiary/aromatic N) is 2. The number of benzene rings is 1. The summed E-state index contributed by atoms with van der Waals surface area (Å²) in [5.41, 5.74) is 1.08. The standard InChI is InChI=1S/C16H24N2O2/c1-17-8-9-18(12-15(11-17)13-20-2)16(19)10-14-6-4-3-5-7-14/h3-7,15H,8-13H2,1-2H3. The van der Waals surface area contributed by atoms with Crippen LogP contribution in [-0.4, -0.2) is 62.7 Å². The smallest absolute Gasteiger partial charge is 0.227 e. The molecule has 0 bridgehead atoms. The number of hydrogen-bond acceptors (Lipinski definition) is 3. The molecule has 0 aliphatic carbocycles. The van der Waals surface area contributed by atoms with Gasteiger partial charge in [0.15, 0.2) is 0 Å². The van der Waals surface area contributed by atoms with Crippen LogP contribution in [0.5, 0.6) is 0 Å². The Kier molecular flexibility index (Phi) is 5.56. The Morgan fingerprint density at radius 2 is 2.00 bits per heavy atom. The van der Waals surface area contributed by atoms with E-state index < -0.39 is 0 Å². The second-order valence-corrected chi connectivity index (χ2v) is 5.59. The fourth-order valence-corrected chi connectivity index (χ4v) is 2.73. The van der Waals surface area contributed by atoms with E-state index in [1.54, 1.807) is 7.11 Å². The molecule has 0 saturated carbocycles. The molecule has 1 aliphatic rings. The summed E-state index contributed by atoms with van der Waals surface area (Å²) >= 11 is 0. The van der Waals surface area contributed by atoms with Gasteiger partial charge in [-0.05, 0) is 12.6 Å². The molecular formula is C16H24N2O2. The van der Waals surface area contributed by atoms with Crippen LogP contribution >= 0.6 is 0 Å². The van der Waals surface area contributed by atoms with Crippen LogP contribution in [0.1, 0.15) is 5.56 Å². The number of carbonyl (C=O) groups is 1. The summed E-state index contributed by atoms with van der Waals surface area (Å²) in [6, 6.07) is 9.95. The lowest BCUT2D eigenvalue weighted by Gasteiger charge is -2.23. The third-order valence-electron chi connectivity index (χ3n) is 3.75.